The van der Waals surface area contributed by atoms with Crippen molar-refractivity contribution in [1.82, 2.24) is 9.78 Å². The fourth-order valence-electron chi connectivity index (χ4n) is 2.14. The lowest BCUT2D eigenvalue weighted by atomic mass is 9.81. The van der Waals surface area contributed by atoms with Crippen LogP contribution in [0, 0.1) is 0 Å². The molecule has 1 fully saturated rings. The zero-order chi connectivity index (χ0) is 10.9. The van der Waals surface area contributed by atoms with Gasteiger partial charge in [-0.3, -0.25) is 9.48 Å². The molecule has 0 saturated heterocycles. The Morgan fingerprint density at radius 1 is 1.47 bits per heavy atom. The summed E-state index contributed by atoms with van der Waals surface area (Å²) in [4.78, 5) is 12.0. The number of carbonyl (C=O) groups excluding carboxylic acids is 1. The standard InChI is InChI=1S/C11H16N2O2/c1-13-8-5-9(12-13)10(14)11(15)6-3-2-4-7-11/h5,8,15H,2-4,6-7H2,1H3. The summed E-state index contributed by atoms with van der Waals surface area (Å²) in [5, 5.41) is 14.2. The molecule has 0 aliphatic heterocycles. The molecular weight excluding hydrogens is 192 g/mol. The molecule has 4 nitrogen and oxygen atoms in total. The van der Waals surface area contributed by atoms with Gasteiger partial charge in [0.15, 0.2) is 0 Å². The molecular formula is C11H16N2O2. The lowest BCUT2D eigenvalue weighted by Gasteiger charge is -2.29. The zero-order valence-electron chi connectivity index (χ0n) is 8.94. The van der Waals surface area contributed by atoms with E-state index in [-0.39, 0.29) is 5.78 Å². The molecule has 15 heavy (non-hydrogen) atoms. The maximum absolute atomic E-state index is 12.0. The van der Waals surface area contributed by atoms with Crippen LogP contribution < -0.4 is 0 Å². The third-order valence-electron chi connectivity index (χ3n) is 3.05. The van der Waals surface area contributed by atoms with Crippen LogP contribution in [0.2, 0.25) is 0 Å². The fourth-order valence-corrected chi connectivity index (χ4v) is 2.14. The molecule has 1 aliphatic carbocycles. The first-order valence-electron chi connectivity index (χ1n) is 5.39. The zero-order valence-corrected chi connectivity index (χ0v) is 8.94. The second kappa shape index (κ2) is 3.77. The Labute approximate surface area is 88.9 Å². The molecule has 1 saturated carbocycles. The van der Waals surface area contributed by atoms with Gasteiger partial charge in [-0.2, -0.15) is 5.10 Å². The third kappa shape index (κ3) is 1.95. The minimum atomic E-state index is -1.16. The Morgan fingerprint density at radius 2 is 2.13 bits per heavy atom. The molecule has 2 rings (SSSR count). The van der Waals surface area contributed by atoms with Crippen LogP contribution in [0.4, 0.5) is 0 Å². The van der Waals surface area contributed by atoms with Gasteiger partial charge in [0.2, 0.25) is 5.78 Å². The third-order valence-corrected chi connectivity index (χ3v) is 3.05. The number of ketones is 1. The van der Waals surface area contributed by atoms with E-state index in [1.807, 2.05) is 0 Å². The van der Waals surface area contributed by atoms with Gasteiger partial charge in [-0.15, -0.1) is 0 Å². The molecule has 0 amide bonds. The van der Waals surface area contributed by atoms with Gasteiger partial charge >= 0.3 is 0 Å². The number of carbonyl (C=O) groups is 1. The molecule has 82 valence electrons. The average molecular weight is 208 g/mol. The Kier molecular flexibility index (Phi) is 2.61. The summed E-state index contributed by atoms with van der Waals surface area (Å²) in [6.07, 6.45) is 5.83. The Bertz CT molecular complexity index is 364. The number of rotatable bonds is 2. The molecule has 4 heteroatoms. The van der Waals surface area contributed by atoms with E-state index in [0.29, 0.717) is 18.5 Å². The van der Waals surface area contributed by atoms with E-state index in [2.05, 4.69) is 5.10 Å². The summed E-state index contributed by atoms with van der Waals surface area (Å²) in [6, 6.07) is 1.66. The summed E-state index contributed by atoms with van der Waals surface area (Å²) >= 11 is 0. The first-order chi connectivity index (χ1) is 7.12. The molecule has 0 radical (unpaired) electrons. The summed E-state index contributed by atoms with van der Waals surface area (Å²) in [5.41, 5.74) is -0.783. The number of aromatic nitrogens is 2. The van der Waals surface area contributed by atoms with Crippen LogP contribution in [0.15, 0.2) is 12.3 Å². The molecule has 0 aromatic carbocycles. The molecule has 0 bridgehead atoms. The van der Waals surface area contributed by atoms with Crippen molar-refractivity contribution < 1.29 is 9.90 Å². The predicted octanol–water partition coefficient (Wildman–Crippen LogP) is 1.30. The van der Waals surface area contributed by atoms with Crippen molar-refractivity contribution >= 4 is 5.78 Å². The summed E-state index contributed by atoms with van der Waals surface area (Å²) in [7, 11) is 1.77. The summed E-state index contributed by atoms with van der Waals surface area (Å²) in [6.45, 7) is 0. The van der Waals surface area contributed by atoms with Crippen LogP contribution in [0.3, 0.4) is 0 Å². The number of hydrogen-bond acceptors (Lipinski definition) is 3. The van der Waals surface area contributed by atoms with Crippen molar-refractivity contribution in [3.63, 3.8) is 0 Å². The molecule has 0 atom stereocenters. The van der Waals surface area contributed by atoms with E-state index in [0.717, 1.165) is 19.3 Å². The molecule has 0 spiro atoms. The normalized spacial score (nSPS) is 20.1. The molecule has 0 unspecified atom stereocenters. The van der Waals surface area contributed by atoms with Crippen LogP contribution in [0.5, 0.6) is 0 Å². The Morgan fingerprint density at radius 3 is 2.67 bits per heavy atom. The lowest BCUT2D eigenvalue weighted by Crippen LogP contribution is -2.40. The second-order valence-electron chi connectivity index (χ2n) is 4.30. The van der Waals surface area contributed by atoms with Crippen LogP contribution in [0.1, 0.15) is 42.6 Å². The molecule has 1 N–H and O–H groups in total. The number of aryl methyl sites for hydroxylation is 1. The van der Waals surface area contributed by atoms with Crippen molar-refractivity contribution in [3.8, 4) is 0 Å². The Balaban J connectivity index is 2.19. The van der Waals surface area contributed by atoms with E-state index in [9.17, 15) is 9.90 Å². The van der Waals surface area contributed by atoms with Crippen molar-refractivity contribution in [3.05, 3.63) is 18.0 Å². The van der Waals surface area contributed by atoms with Gasteiger partial charge in [0.05, 0.1) is 0 Å². The molecule has 1 aliphatic rings. The first kappa shape index (κ1) is 10.4. The van der Waals surface area contributed by atoms with E-state index >= 15 is 0 Å². The Hall–Kier alpha value is -1.16. The van der Waals surface area contributed by atoms with Crippen LogP contribution in [0.25, 0.3) is 0 Å². The largest absolute Gasteiger partial charge is 0.382 e. The van der Waals surface area contributed by atoms with Crippen LogP contribution in [-0.2, 0) is 7.05 Å². The van der Waals surface area contributed by atoms with E-state index in [1.54, 1.807) is 24.0 Å². The van der Waals surface area contributed by atoms with Crippen molar-refractivity contribution in [2.24, 2.45) is 7.05 Å². The highest BCUT2D eigenvalue weighted by atomic mass is 16.3. The smallest absolute Gasteiger partial charge is 0.214 e. The van der Waals surface area contributed by atoms with Crippen molar-refractivity contribution in [1.29, 1.82) is 0 Å². The monoisotopic (exact) mass is 208 g/mol. The highest BCUT2D eigenvalue weighted by molar-refractivity contribution is 6.00. The van der Waals surface area contributed by atoms with Gasteiger partial charge in [-0.05, 0) is 18.9 Å². The number of hydrogen-bond donors (Lipinski definition) is 1. The number of aliphatic hydroxyl groups is 1. The maximum atomic E-state index is 12.0. The SMILES string of the molecule is Cn1ccc(C(=O)C2(O)CCCCC2)n1. The van der Waals surface area contributed by atoms with Gasteiger partial charge in [0.1, 0.15) is 11.3 Å². The molecule has 1 aromatic heterocycles. The van der Waals surface area contributed by atoms with E-state index < -0.39 is 5.60 Å². The minimum absolute atomic E-state index is 0.220. The topological polar surface area (TPSA) is 55.1 Å². The van der Waals surface area contributed by atoms with Gasteiger partial charge in [-0.1, -0.05) is 19.3 Å². The molecule has 1 aromatic rings. The van der Waals surface area contributed by atoms with E-state index in [1.165, 1.54) is 0 Å². The van der Waals surface area contributed by atoms with E-state index in [4.69, 9.17) is 0 Å². The van der Waals surface area contributed by atoms with Crippen LogP contribution in [-0.4, -0.2) is 26.3 Å². The molecule has 1 heterocycles. The highest BCUT2D eigenvalue weighted by Gasteiger charge is 2.38. The van der Waals surface area contributed by atoms with Gasteiger partial charge in [0, 0.05) is 13.2 Å². The average Bonchev–Trinajstić information content (AvgIpc) is 2.65. The summed E-state index contributed by atoms with van der Waals surface area (Å²) < 4.78 is 1.58. The van der Waals surface area contributed by atoms with Crippen molar-refractivity contribution in [2.45, 2.75) is 37.7 Å². The van der Waals surface area contributed by atoms with Crippen LogP contribution >= 0.6 is 0 Å². The number of Topliss-reactive ketones (excluding diaryl/α,β-unsaturated/α-hetero) is 1. The van der Waals surface area contributed by atoms with Gasteiger partial charge in [-0.25, -0.2) is 0 Å². The van der Waals surface area contributed by atoms with Gasteiger partial charge < -0.3 is 5.11 Å². The van der Waals surface area contributed by atoms with Crippen molar-refractivity contribution in [2.75, 3.05) is 0 Å². The summed E-state index contributed by atoms with van der Waals surface area (Å²) in [5.74, 6) is -0.220. The minimum Gasteiger partial charge on any atom is -0.382 e. The quantitative estimate of drug-likeness (QED) is 0.745. The highest BCUT2D eigenvalue weighted by Crippen LogP contribution is 2.30. The first-order valence-corrected chi connectivity index (χ1v) is 5.39. The second-order valence-corrected chi connectivity index (χ2v) is 4.30. The fraction of sp³-hybridized carbons (Fsp3) is 0.636. The lowest BCUT2D eigenvalue weighted by molar-refractivity contribution is 0.0111. The predicted molar refractivity (Wildman–Crippen MR) is 55.6 cm³/mol. The van der Waals surface area contributed by atoms with Gasteiger partial charge in [0.25, 0.3) is 0 Å². The maximum Gasteiger partial charge on any atom is 0.214 e. The number of nitrogens with zero attached hydrogens (tertiary/aromatic N) is 2.